The number of amides is 1. The maximum Gasteiger partial charge on any atom is 0.253 e. The number of morpholine rings is 1. The van der Waals surface area contributed by atoms with Crippen LogP contribution < -0.4 is 5.32 Å². The van der Waals surface area contributed by atoms with E-state index in [1.54, 1.807) is 18.2 Å². The second-order valence-corrected chi connectivity index (χ2v) is 9.53. The lowest BCUT2D eigenvalue weighted by molar-refractivity contribution is 0.0729. The average Bonchev–Trinajstić information content (AvgIpc) is 3.06. The Bertz CT molecular complexity index is 778. The fraction of sp³-hybridized carbons (Fsp3) is 0.632. The molecule has 1 amide bonds. The summed E-state index contributed by atoms with van der Waals surface area (Å²) in [7, 11) is -3.59. The molecule has 8 heteroatoms. The Kier molecular flexibility index (Phi) is 5.50. The summed E-state index contributed by atoms with van der Waals surface area (Å²) in [5.41, 5.74) is 0.453. The minimum absolute atomic E-state index is 0.0676. The molecule has 3 saturated heterocycles. The molecule has 7 nitrogen and oxygen atoms in total. The monoisotopic (exact) mass is 393 g/mol. The van der Waals surface area contributed by atoms with Crippen LogP contribution in [-0.2, 0) is 14.8 Å². The van der Waals surface area contributed by atoms with Gasteiger partial charge in [0.1, 0.15) is 0 Å². The van der Waals surface area contributed by atoms with Gasteiger partial charge in [-0.2, -0.15) is 4.31 Å². The number of carbonyl (C=O) groups is 1. The predicted molar refractivity (Wildman–Crippen MR) is 101 cm³/mol. The number of ether oxygens (including phenoxy) is 1. The van der Waals surface area contributed by atoms with Gasteiger partial charge in [0.2, 0.25) is 10.0 Å². The third-order valence-electron chi connectivity index (χ3n) is 6.00. The van der Waals surface area contributed by atoms with E-state index in [9.17, 15) is 13.2 Å². The highest BCUT2D eigenvalue weighted by atomic mass is 32.2. The molecule has 4 rings (SSSR count). The number of hydrogen-bond donors (Lipinski definition) is 1. The molecular weight excluding hydrogens is 366 g/mol. The van der Waals surface area contributed by atoms with Crippen molar-refractivity contribution in [1.29, 1.82) is 0 Å². The molecule has 1 aromatic carbocycles. The van der Waals surface area contributed by atoms with E-state index in [4.69, 9.17) is 4.74 Å². The van der Waals surface area contributed by atoms with Crippen LogP contribution in [0.1, 0.15) is 23.2 Å². The van der Waals surface area contributed by atoms with E-state index in [2.05, 4.69) is 5.32 Å². The van der Waals surface area contributed by atoms with Crippen molar-refractivity contribution in [3.05, 3.63) is 29.8 Å². The number of carbonyl (C=O) groups excluding carboxylic acids is 1. The minimum Gasteiger partial charge on any atom is -0.379 e. The lowest BCUT2D eigenvalue weighted by Crippen LogP contribution is -2.40. The molecule has 0 spiro atoms. The maximum atomic E-state index is 13.0. The van der Waals surface area contributed by atoms with Gasteiger partial charge in [0, 0.05) is 31.7 Å². The molecule has 148 valence electrons. The molecule has 27 heavy (non-hydrogen) atoms. The van der Waals surface area contributed by atoms with Gasteiger partial charge in [0.15, 0.2) is 0 Å². The summed E-state index contributed by atoms with van der Waals surface area (Å²) in [6.45, 7) is 5.07. The molecule has 2 atom stereocenters. The van der Waals surface area contributed by atoms with Gasteiger partial charge in [-0.25, -0.2) is 8.42 Å². The molecule has 0 aromatic heterocycles. The second kappa shape index (κ2) is 7.87. The lowest BCUT2D eigenvalue weighted by atomic mass is 9.92. The largest absolute Gasteiger partial charge is 0.379 e. The van der Waals surface area contributed by atoms with Crippen LogP contribution in [0.3, 0.4) is 0 Å². The van der Waals surface area contributed by atoms with Gasteiger partial charge in [0.25, 0.3) is 5.91 Å². The molecule has 3 aliphatic rings. The zero-order valence-corrected chi connectivity index (χ0v) is 16.3. The van der Waals surface area contributed by atoms with Crippen LogP contribution in [0, 0.1) is 11.8 Å². The van der Waals surface area contributed by atoms with E-state index in [-0.39, 0.29) is 10.8 Å². The van der Waals surface area contributed by atoms with E-state index in [0.29, 0.717) is 43.7 Å². The average molecular weight is 394 g/mol. The Morgan fingerprint density at radius 3 is 2.37 bits per heavy atom. The lowest BCUT2D eigenvalue weighted by Gasteiger charge is -2.26. The van der Waals surface area contributed by atoms with E-state index in [0.717, 1.165) is 39.0 Å². The van der Waals surface area contributed by atoms with E-state index in [1.165, 1.54) is 10.4 Å². The van der Waals surface area contributed by atoms with E-state index in [1.807, 2.05) is 4.90 Å². The summed E-state index contributed by atoms with van der Waals surface area (Å²) < 4.78 is 32.4. The summed E-state index contributed by atoms with van der Waals surface area (Å²) in [6.07, 6.45) is 2.02. The van der Waals surface area contributed by atoms with Gasteiger partial charge in [-0.1, -0.05) is 6.07 Å². The summed E-state index contributed by atoms with van der Waals surface area (Å²) in [5.74, 6) is 1.23. The first-order valence-electron chi connectivity index (χ1n) is 9.73. The summed E-state index contributed by atoms with van der Waals surface area (Å²) >= 11 is 0. The first-order chi connectivity index (χ1) is 13.1. The molecule has 3 aliphatic heterocycles. The number of nitrogens with zero attached hydrogens (tertiary/aromatic N) is 2. The number of benzene rings is 1. The first kappa shape index (κ1) is 18.9. The first-order valence-corrected chi connectivity index (χ1v) is 11.2. The number of rotatable bonds is 3. The van der Waals surface area contributed by atoms with Gasteiger partial charge in [-0.05, 0) is 56.0 Å². The summed E-state index contributed by atoms with van der Waals surface area (Å²) in [5, 5.41) is 3.44. The molecule has 0 radical (unpaired) electrons. The fourth-order valence-corrected chi connectivity index (χ4v) is 5.78. The molecule has 0 saturated carbocycles. The van der Waals surface area contributed by atoms with Crippen LogP contribution in [0.5, 0.6) is 0 Å². The molecule has 0 aliphatic carbocycles. The van der Waals surface area contributed by atoms with E-state index >= 15 is 0 Å². The van der Waals surface area contributed by atoms with Crippen molar-refractivity contribution >= 4 is 15.9 Å². The third-order valence-corrected chi connectivity index (χ3v) is 7.89. The van der Waals surface area contributed by atoms with Crippen molar-refractivity contribution in [2.75, 3.05) is 52.5 Å². The fourth-order valence-electron chi connectivity index (χ4n) is 4.33. The Morgan fingerprint density at radius 2 is 1.70 bits per heavy atom. The van der Waals surface area contributed by atoms with Gasteiger partial charge in [-0.3, -0.25) is 4.79 Å². The van der Waals surface area contributed by atoms with Crippen LogP contribution in [0.25, 0.3) is 0 Å². The third kappa shape index (κ3) is 3.89. The van der Waals surface area contributed by atoms with Crippen LogP contribution in [0.4, 0.5) is 0 Å². The minimum atomic E-state index is -3.59. The topological polar surface area (TPSA) is 79.0 Å². The van der Waals surface area contributed by atoms with Crippen molar-refractivity contribution < 1.29 is 17.9 Å². The molecule has 0 unspecified atom stereocenters. The van der Waals surface area contributed by atoms with E-state index < -0.39 is 10.0 Å². The highest BCUT2D eigenvalue weighted by molar-refractivity contribution is 7.89. The number of nitrogens with one attached hydrogen (secondary N) is 1. The molecule has 3 fully saturated rings. The highest BCUT2D eigenvalue weighted by Crippen LogP contribution is 2.28. The van der Waals surface area contributed by atoms with Crippen molar-refractivity contribution in [2.24, 2.45) is 11.8 Å². The smallest absolute Gasteiger partial charge is 0.253 e. The standard InChI is InChI=1S/C19H27N3O4S/c23-19(21-6-4-16-13-20-14-17(16)5-7-21)15-2-1-3-18(12-15)27(24,25)22-8-10-26-11-9-22/h1-3,12,16-17,20H,4-11,13-14H2/t16-,17+. The Hall–Kier alpha value is -1.48. The number of fused-ring (bicyclic) bond motifs is 1. The van der Waals surface area contributed by atoms with Crippen molar-refractivity contribution in [2.45, 2.75) is 17.7 Å². The molecule has 1 aromatic rings. The maximum absolute atomic E-state index is 13.0. The highest BCUT2D eigenvalue weighted by Gasteiger charge is 2.32. The quantitative estimate of drug-likeness (QED) is 0.821. The number of likely N-dealkylation sites (tertiary alicyclic amines) is 1. The zero-order valence-electron chi connectivity index (χ0n) is 15.5. The van der Waals surface area contributed by atoms with Crippen molar-refractivity contribution in [3.63, 3.8) is 0 Å². The number of hydrogen-bond acceptors (Lipinski definition) is 5. The molecule has 1 N–H and O–H groups in total. The molecular formula is C19H27N3O4S. The van der Waals surface area contributed by atoms with Crippen LogP contribution >= 0.6 is 0 Å². The van der Waals surface area contributed by atoms with Gasteiger partial charge in [0.05, 0.1) is 18.1 Å². The predicted octanol–water partition coefficient (Wildman–Crippen LogP) is 0.779. The SMILES string of the molecule is O=C(c1cccc(S(=O)(=O)N2CCOCC2)c1)N1CC[C@@H]2CNC[C@@H]2CC1. The van der Waals surface area contributed by atoms with Gasteiger partial charge in [-0.15, -0.1) is 0 Å². The summed E-state index contributed by atoms with van der Waals surface area (Å²) in [4.78, 5) is 15.1. The normalized spacial score (nSPS) is 27.2. The van der Waals surface area contributed by atoms with Crippen molar-refractivity contribution in [1.82, 2.24) is 14.5 Å². The van der Waals surface area contributed by atoms with Gasteiger partial charge >= 0.3 is 0 Å². The second-order valence-electron chi connectivity index (χ2n) is 7.59. The van der Waals surface area contributed by atoms with Crippen molar-refractivity contribution in [3.8, 4) is 0 Å². The molecule has 0 bridgehead atoms. The zero-order chi connectivity index (χ0) is 18.9. The van der Waals surface area contributed by atoms with Crippen LogP contribution in [-0.4, -0.2) is 76.0 Å². The number of sulfonamides is 1. The molecule has 3 heterocycles. The summed E-state index contributed by atoms with van der Waals surface area (Å²) in [6, 6.07) is 6.48. The van der Waals surface area contributed by atoms with Crippen LogP contribution in [0.2, 0.25) is 0 Å². The van der Waals surface area contributed by atoms with Crippen LogP contribution in [0.15, 0.2) is 29.2 Å². The Labute approximate surface area is 160 Å². The Balaban J connectivity index is 1.50. The Morgan fingerprint density at radius 1 is 1.04 bits per heavy atom. The van der Waals surface area contributed by atoms with Gasteiger partial charge < -0.3 is 15.0 Å².